The molecule has 0 radical (unpaired) electrons. The summed E-state index contributed by atoms with van der Waals surface area (Å²) in [6, 6.07) is 5.19. The quantitative estimate of drug-likeness (QED) is 0.536. The fraction of sp³-hybridized carbons (Fsp3) is 0.250. The highest BCUT2D eigenvalue weighted by Gasteiger charge is 2.08. The summed E-state index contributed by atoms with van der Waals surface area (Å²) in [4.78, 5) is 0. The van der Waals surface area contributed by atoms with Crippen molar-refractivity contribution < 1.29 is 5.11 Å². The van der Waals surface area contributed by atoms with E-state index in [1.54, 1.807) is 12.1 Å². The second kappa shape index (κ2) is 3.89. The third kappa shape index (κ3) is 1.97. The molecule has 1 unspecified atom stereocenters. The summed E-state index contributed by atoms with van der Waals surface area (Å²) in [5.74, 6) is 5.50. The number of halogens is 1. The van der Waals surface area contributed by atoms with Crippen molar-refractivity contribution in [3.05, 3.63) is 28.2 Å². The first kappa shape index (κ1) is 9.51. The lowest BCUT2D eigenvalue weighted by Crippen LogP contribution is -2.25. The van der Waals surface area contributed by atoms with Crippen molar-refractivity contribution in [2.75, 3.05) is 0 Å². The third-order valence-corrected chi connectivity index (χ3v) is 2.20. The van der Waals surface area contributed by atoms with E-state index in [4.69, 9.17) is 5.84 Å². The number of rotatable bonds is 2. The summed E-state index contributed by atoms with van der Waals surface area (Å²) in [6.07, 6.45) is 0. The third-order valence-electron chi connectivity index (χ3n) is 1.71. The summed E-state index contributed by atoms with van der Waals surface area (Å²) < 4.78 is 0.928. The monoisotopic (exact) mass is 230 g/mol. The normalized spacial score (nSPS) is 12.9. The molecule has 4 heteroatoms. The van der Waals surface area contributed by atoms with Gasteiger partial charge in [-0.2, -0.15) is 0 Å². The van der Waals surface area contributed by atoms with E-state index in [1.165, 1.54) is 0 Å². The Kier molecular flexibility index (Phi) is 3.08. The van der Waals surface area contributed by atoms with Crippen molar-refractivity contribution in [3.8, 4) is 5.75 Å². The molecule has 0 saturated carbocycles. The zero-order chi connectivity index (χ0) is 9.14. The van der Waals surface area contributed by atoms with Crippen molar-refractivity contribution >= 4 is 15.9 Å². The lowest BCUT2D eigenvalue weighted by Gasteiger charge is -2.12. The van der Waals surface area contributed by atoms with Gasteiger partial charge >= 0.3 is 0 Å². The number of hydrogen-bond donors (Lipinski definition) is 3. The molecule has 0 fully saturated rings. The van der Waals surface area contributed by atoms with Gasteiger partial charge in [-0.1, -0.05) is 15.9 Å². The molecule has 0 aliphatic rings. The van der Waals surface area contributed by atoms with Crippen molar-refractivity contribution in [2.45, 2.75) is 13.0 Å². The van der Waals surface area contributed by atoms with Crippen LogP contribution in [0.25, 0.3) is 0 Å². The van der Waals surface area contributed by atoms with Crippen LogP contribution in [0.2, 0.25) is 0 Å². The van der Waals surface area contributed by atoms with E-state index in [2.05, 4.69) is 21.4 Å². The Balaban J connectivity index is 3.04. The Bertz CT molecular complexity index is 278. The van der Waals surface area contributed by atoms with Gasteiger partial charge < -0.3 is 5.11 Å². The highest BCUT2D eigenvalue weighted by Crippen LogP contribution is 2.26. The minimum atomic E-state index is -0.0532. The molecule has 1 aromatic rings. The number of hydrazine groups is 1. The van der Waals surface area contributed by atoms with Gasteiger partial charge in [0, 0.05) is 16.1 Å². The van der Waals surface area contributed by atoms with Crippen LogP contribution in [0.3, 0.4) is 0 Å². The largest absolute Gasteiger partial charge is 0.508 e. The summed E-state index contributed by atoms with van der Waals surface area (Å²) in [5.41, 5.74) is 3.35. The van der Waals surface area contributed by atoms with Crippen LogP contribution >= 0.6 is 15.9 Å². The highest BCUT2D eigenvalue weighted by atomic mass is 79.9. The average Bonchev–Trinajstić information content (AvgIpc) is 2.08. The molecule has 1 rings (SSSR count). The highest BCUT2D eigenvalue weighted by molar-refractivity contribution is 9.10. The summed E-state index contributed by atoms with van der Waals surface area (Å²) in [5, 5.41) is 9.42. The standard InChI is InChI=1S/C8H11BrN2O/c1-5(11-10)7-4-6(9)2-3-8(7)12/h2-5,11-12H,10H2,1H3. The van der Waals surface area contributed by atoms with E-state index in [0.29, 0.717) is 0 Å². The topological polar surface area (TPSA) is 58.3 Å². The zero-order valence-corrected chi connectivity index (χ0v) is 8.30. The van der Waals surface area contributed by atoms with Crippen LogP contribution in [0.15, 0.2) is 22.7 Å². The number of phenols is 1. The maximum Gasteiger partial charge on any atom is 0.120 e. The van der Waals surface area contributed by atoms with E-state index in [9.17, 15) is 5.11 Å². The van der Waals surface area contributed by atoms with Gasteiger partial charge in [-0.25, -0.2) is 0 Å². The average molecular weight is 231 g/mol. The Morgan fingerprint density at radius 1 is 1.58 bits per heavy atom. The van der Waals surface area contributed by atoms with Crippen LogP contribution in [0.4, 0.5) is 0 Å². The molecule has 0 amide bonds. The van der Waals surface area contributed by atoms with Gasteiger partial charge in [-0.15, -0.1) is 0 Å². The maximum atomic E-state index is 9.42. The number of benzene rings is 1. The lowest BCUT2D eigenvalue weighted by molar-refractivity contribution is 0.454. The lowest BCUT2D eigenvalue weighted by atomic mass is 10.1. The van der Waals surface area contributed by atoms with E-state index < -0.39 is 0 Å². The molecule has 4 N–H and O–H groups in total. The molecule has 0 heterocycles. The van der Waals surface area contributed by atoms with Crippen molar-refractivity contribution in [1.82, 2.24) is 5.43 Å². The second-order valence-electron chi connectivity index (χ2n) is 2.59. The maximum absolute atomic E-state index is 9.42. The first-order valence-corrected chi connectivity index (χ1v) is 4.39. The molecule has 1 atom stereocenters. The van der Waals surface area contributed by atoms with E-state index in [1.807, 2.05) is 13.0 Å². The minimum absolute atomic E-state index is 0.0532. The van der Waals surface area contributed by atoms with Gasteiger partial charge in [0.05, 0.1) is 0 Å². The minimum Gasteiger partial charge on any atom is -0.508 e. The zero-order valence-electron chi connectivity index (χ0n) is 6.71. The molecule has 0 bridgehead atoms. The first-order chi connectivity index (χ1) is 5.65. The Hall–Kier alpha value is -0.580. The molecule has 66 valence electrons. The smallest absolute Gasteiger partial charge is 0.120 e. The summed E-state index contributed by atoms with van der Waals surface area (Å²) in [7, 11) is 0. The van der Waals surface area contributed by atoms with Gasteiger partial charge in [-0.3, -0.25) is 11.3 Å². The number of aromatic hydroxyl groups is 1. The van der Waals surface area contributed by atoms with Gasteiger partial charge in [0.2, 0.25) is 0 Å². The molecule has 0 aliphatic carbocycles. The number of nitrogens with one attached hydrogen (secondary N) is 1. The Morgan fingerprint density at radius 3 is 2.83 bits per heavy atom. The molecule has 12 heavy (non-hydrogen) atoms. The number of nitrogens with two attached hydrogens (primary N) is 1. The van der Waals surface area contributed by atoms with Crippen LogP contribution in [0.1, 0.15) is 18.5 Å². The molecule has 0 spiro atoms. The van der Waals surface area contributed by atoms with Crippen LogP contribution in [-0.2, 0) is 0 Å². The fourth-order valence-corrected chi connectivity index (χ4v) is 1.34. The van der Waals surface area contributed by atoms with Crippen LogP contribution < -0.4 is 11.3 Å². The second-order valence-corrected chi connectivity index (χ2v) is 3.51. The van der Waals surface area contributed by atoms with Gasteiger partial charge in [0.25, 0.3) is 0 Å². The molecule has 0 aromatic heterocycles. The summed E-state index contributed by atoms with van der Waals surface area (Å²) >= 11 is 3.31. The van der Waals surface area contributed by atoms with Crippen molar-refractivity contribution in [3.63, 3.8) is 0 Å². The van der Waals surface area contributed by atoms with Crippen LogP contribution in [0.5, 0.6) is 5.75 Å². The first-order valence-electron chi connectivity index (χ1n) is 3.59. The van der Waals surface area contributed by atoms with Gasteiger partial charge in [0.15, 0.2) is 0 Å². The number of hydrogen-bond acceptors (Lipinski definition) is 3. The molecule has 0 aliphatic heterocycles. The Morgan fingerprint density at radius 2 is 2.25 bits per heavy atom. The predicted molar refractivity (Wildman–Crippen MR) is 51.5 cm³/mol. The SMILES string of the molecule is CC(NN)c1cc(Br)ccc1O. The predicted octanol–water partition coefficient (Wildman–Crippen LogP) is 1.68. The molecule has 0 saturated heterocycles. The van der Waals surface area contributed by atoms with Gasteiger partial charge in [0.1, 0.15) is 5.75 Å². The van der Waals surface area contributed by atoms with Gasteiger partial charge in [-0.05, 0) is 25.1 Å². The van der Waals surface area contributed by atoms with Crippen molar-refractivity contribution in [2.24, 2.45) is 5.84 Å². The molecule has 3 nitrogen and oxygen atoms in total. The van der Waals surface area contributed by atoms with E-state index in [-0.39, 0.29) is 11.8 Å². The van der Waals surface area contributed by atoms with E-state index >= 15 is 0 Å². The molecular formula is C8H11BrN2O. The fourth-order valence-electron chi connectivity index (χ4n) is 0.962. The number of phenolic OH excluding ortho intramolecular Hbond substituents is 1. The Labute approximate surface area is 79.7 Å². The van der Waals surface area contributed by atoms with Crippen LogP contribution in [0, 0.1) is 0 Å². The van der Waals surface area contributed by atoms with E-state index in [0.717, 1.165) is 10.0 Å². The van der Waals surface area contributed by atoms with Crippen LogP contribution in [-0.4, -0.2) is 5.11 Å². The van der Waals surface area contributed by atoms with Crippen molar-refractivity contribution in [1.29, 1.82) is 0 Å². The molecule has 1 aromatic carbocycles. The summed E-state index contributed by atoms with van der Waals surface area (Å²) in [6.45, 7) is 1.88. The molecular weight excluding hydrogens is 220 g/mol.